The number of rotatable bonds is 7. The van der Waals surface area contributed by atoms with Gasteiger partial charge in [-0.25, -0.2) is 9.59 Å². The maximum Gasteiger partial charge on any atom is 0.338 e. The normalized spacial score (nSPS) is 19.7. The van der Waals surface area contributed by atoms with Gasteiger partial charge in [0.2, 0.25) is 5.91 Å². The van der Waals surface area contributed by atoms with Crippen molar-refractivity contribution in [2.45, 2.75) is 33.2 Å². The van der Waals surface area contributed by atoms with Crippen LogP contribution in [0.15, 0.2) is 35.5 Å². The SMILES string of the molecule is CCOC(=O)C1=C(CN2CCCN(C(=O)C(C)C)CC2)N(C)C(=O)NC1c1ccccc1OC. The fourth-order valence-electron chi connectivity index (χ4n) is 4.46. The highest BCUT2D eigenvalue weighted by Crippen LogP contribution is 2.35. The van der Waals surface area contributed by atoms with E-state index >= 15 is 0 Å². The van der Waals surface area contributed by atoms with Crippen LogP contribution in [0.3, 0.4) is 0 Å². The summed E-state index contributed by atoms with van der Waals surface area (Å²) >= 11 is 0. The molecule has 1 aromatic carbocycles. The second-order valence-electron chi connectivity index (χ2n) is 8.87. The first-order valence-electron chi connectivity index (χ1n) is 11.9. The molecule has 0 spiro atoms. The van der Waals surface area contributed by atoms with Crippen LogP contribution >= 0.6 is 0 Å². The molecule has 0 bridgehead atoms. The predicted molar refractivity (Wildman–Crippen MR) is 128 cm³/mol. The van der Waals surface area contributed by atoms with Crippen LogP contribution in [0.5, 0.6) is 5.75 Å². The zero-order chi connectivity index (χ0) is 24.8. The van der Waals surface area contributed by atoms with Gasteiger partial charge < -0.3 is 19.7 Å². The Morgan fingerprint density at radius 2 is 1.88 bits per heavy atom. The van der Waals surface area contributed by atoms with E-state index in [-0.39, 0.29) is 24.5 Å². The summed E-state index contributed by atoms with van der Waals surface area (Å²) in [4.78, 5) is 44.2. The zero-order valence-electron chi connectivity index (χ0n) is 20.8. The van der Waals surface area contributed by atoms with Gasteiger partial charge in [-0.15, -0.1) is 0 Å². The van der Waals surface area contributed by atoms with E-state index in [1.165, 1.54) is 4.90 Å². The molecular weight excluding hydrogens is 436 g/mol. The molecule has 1 aromatic rings. The van der Waals surface area contributed by atoms with E-state index in [1.54, 1.807) is 27.1 Å². The molecule has 1 N–H and O–H groups in total. The van der Waals surface area contributed by atoms with Crippen molar-refractivity contribution in [1.82, 2.24) is 20.0 Å². The van der Waals surface area contributed by atoms with E-state index < -0.39 is 12.0 Å². The number of nitrogens with zero attached hydrogens (tertiary/aromatic N) is 3. The molecule has 3 amide bonds. The number of likely N-dealkylation sites (N-methyl/N-ethyl adjacent to an activating group) is 1. The number of esters is 1. The fourth-order valence-corrected chi connectivity index (χ4v) is 4.46. The van der Waals surface area contributed by atoms with E-state index in [0.717, 1.165) is 13.0 Å². The molecule has 2 aliphatic rings. The summed E-state index contributed by atoms with van der Waals surface area (Å²) in [5.74, 6) is 0.223. The third-order valence-corrected chi connectivity index (χ3v) is 6.29. The van der Waals surface area contributed by atoms with Crippen molar-refractivity contribution >= 4 is 17.9 Å². The number of amides is 3. The standard InChI is InChI=1S/C25H36N4O5/c1-6-34-24(31)21-19(16-28-12-9-13-29(15-14-28)23(30)17(2)3)27(4)25(32)26-22(21)18-10-7-8-11-20(18)33-5/h7-8,10-11,17,22H,6,9,12-16H2,1-5H3,(H,26,32). The Bertz CT molecular complexity index is 945. The van der Waals surface area contributed by atoms with Crippen molar-refractivity contribution in [3.05, 3.63) is 41.1 Å². The average molecular weight is 473 g/mol. The van der Waals surface area contributed by atoms with Crippen molar-refractivity contribution in [2.75, 3.05) is 53.5 Å². The first kappa shape index (κ1) is 25.6. The Morgan fingerprint density at radius 1 is 1.15 bits per heavy atom. The monoisotopic (exact) mass is 472 g/mol. The van der Waals surface area contributed by atoms with E-state index in [1.807, 2.05) is 36.9 Å². The van der Waals surface area contributed by atoms with Gasteiger partial charge in [-0.2, -0.15) is 0 Å². The van der Waals surface area contributed by atoms with Gasteiger partial charge in [0.15, 0.2) is 0 Å². The van der Waals surface area contributed by atoms with Gasteiger partial charge in [0.05, 0.1) is 25.3 Å². The Labute approximate surface area is 201 Å². The number of nitrogens with one attached hydrogen (secondary N) is 1. The van der Waals surface area contributed by atoms with Crippen LogP contribution < -0.4 is 10.1 Å². The average Bonchev–Trinajstić information content (AvgIpc) is 3.06. The van der Waals surface area contributed by atoms with Gasteiger partial charge in [-0.3, -0.25) is 14.6 Å². The fraction of sp³-hybridized carbons (Fsp3) is 0.560. The molecule has 186 valence electrons. The van der Waals surface area contributed by atoms with Crippen molar-refractivity contribution in [1.29, 1.82) is 0 Å². The van der Waals surface area contributed by atoms with E-state index in [9.17, 15) is 14.4 Å². The van der Waals surface area contributed by atoms with E-state index in [4.69, 9.17) is 9.47 Å². The van der Waals surface area contributed by atoms with Crippen molar-refractivity contribution < 1.29 is 23.9 Å². The maximum atomic E-state index is 13.2. The van der Waals surface area contributed by atoms with Crippen LogP contribution in [-0.4, -0.2) is 86.1 Å². The number of benzene rings is 1. The number of hydrogen-bond donors (Lipinski definition) is 1. The van der Waals surface area contributed by atoms with E-state index in [0.29, 0.717) is 48.8 Å². The summed E-state index contributed by atoms with van der Waals surface area (Å²) in [6.45, 7) is 8.95. The van der Waals surface area contributed by atoms with Gasteiger partial charge in [0.1, 0.15) is 5.75 Å². The lowest BCUT2D eigenvalue weighted by atomic mass is 9.93. The highest BCUT2D eigenvalue weighted by atomic mass is 16.5. The second kappa shape index (κ2) is 11.4. The smallest absolute Gasteiger partial charge is 0.338 e. The topological polar surface area (TPSA) is 91.4 Å². The molecule has 1 unspecified atom stereocenters. The highest BCUT2D eigenvalue weighted by molar-refractivity contribution is 5.95. The molecular formula is C25H36N4O5. The third-order valence-electron chi connectivity index (χ3n) is 6.29. The van der Waals surface area contributed by atoms with Crippen LogP contribution in [0, 0.1) is 5.92 Å². The molecule has 2 heterocycles. The van der Waals surface area contributed by atoms with Crippen LogP contribution in [0.25, 0.3) is 0 Å². The van der Waals surface area contributed by atoms with E-state index in [2.05, 4.69) is 10.2 Å². The maximum absolute atomic E-state index is 13.2. The molecule has 0 aliphatic carbocycles. The Morgan fingerprint density at radius 3 is 2.56 bits per heavy atom. The molecule has 1 saturated heterocycles. The summed E-state index contributed by atoms with van der Waals surface area (Å²) < 4.78 is 10.9. The van der Waals surface area contributed by atoms with Gasteiger partial charge >= 0.3 is 12.0 Å². The zero-order valence-corrected chi connectivity index (χ0v) is 20.8. The Hall–Kier alpha value is -3.07. The van der Waals surface area contributed by atoms with Gasteiger partial charge in [-0.05, 0) is 19.4 Å². The number of ether oxygens (including phenoxy) is 2. The van der Waals surface area contributed by atoms with Gasteiger partial charge in [0.25, 0.3) is 0 Å². The number of methoxy groups -OCH3 is 1. The number of urea groups is 1. The van der Waals surface area contributed by atoms with Crippen molar-refractivity contribution in [3.63, 3.8) is 0 Å². The highest BCUT2D eigenvalue weighted by Gasteiger charge is 2.38. The lowest BCUT2D eigenvalue weighted by Crippen LogP contribution is -2.49. The summed E-state index contributed by atoms with van der Waals surface area (Å²) in [5.41, 5.74) is 1.69. The molecule has 3 rings (SSSR count). The quantitative estimate of drug-likeness (QED) is 0.613. The minimum Gasteiger partial charge on any atom is -0.496 e. The van der Waals surface area contributed by atoms with Crippen LogP contribution in [0.1, 0.15) is 38.8 Å². The van der Waals surface area contributed by atoms with Gasteiger partial charge in [0, 0.05) is 56.9 Å². The summed E-state index contributed by atoms with van der Waals surface area (Å²) in [7, 11) is 3.22. The number of para-hydroxylation sites is 1. The minimum atomic E-state index is -0.695. The number of carbonyl (C=O) groups is 3. The lowest BCUT2D eigenvalue weighted by molar-refractivity contribution is -0.139. The Balaban J connectivity index is 1.97. The van der Waals surface area contributed by atoms with Crippen molar-refractivity contribution in [3.8, 4) is 5.75 Å². The summed E-state index contributed by atoms with van der Waals surface area (Å²) in [6, 6.07) is 6.34. The summed E-state index contributed by atoms with van der Waals surface area (Å²) in [5, 5.41) is 2.94. The van der Waals surface area contributed by atoms with Crippen molar-refractivity contribution in [2.24, 2.45) is 5.92 Å². The van der Waals surface area contributed by atoms with Crippen LogP contribution in [-0.2, 0) is 14.3 Å². The molecule has 1 fully saturated rings. The molecule has 0 saturated carbocycles. The Kier molecular flexibility index (Phi) is 8.55. The molecule has 9 heteroatoms. The molecule has 0 aromatic heterocycles. The van der Waals surface area contributed by atoms with Crippen LogP contribution in [0.2, 0.25) is 0 Å². The summed E-state index contributed by atoms with van der Waals surface area (Å²) in [6.07, 6.45) is 0.826. The van der Waals surface area contributed by atoms with Gasteiger partial charge in [-0.1, -0.05) is 32.0 Å². The molecule has 34 heavy (non-hydrogen) atoms. The molecule has 2 aliphatic heterocycles. The first-order valence-corrected chi connectivity index (χ1v) is 11.9. The first-order chi connectivity index (χ1) is 16.3. The predicted octanol–water partition coefficient (Wildman–Crippen LogP) is 2.40. The largest absolute Gasteiger partial charge is 0.496 e. The number of hydrogen-bond acceptors (Lipinski definition) is 6. The molecule has 1 atom stereocenters. The van der Waals surface area contributed by atoms with Crippen LogP contribution in [0.4, 0.5) is 4.79 Å². The molecule has 0 radical (unpaired) electrons. The minimum absolute atomic E-state index is 0.0422. The second-order valence-corrected chi connectivity index (χ2v) is 8.87. The third kappa shape index (κ3) is 5.52. The number of carbonyl (C=O) groups excluding carboxylic acids is 3. The lowest BCUT2D eigenvalue weighted by Gasteiger charge is -2.37. The molecule has 9 nitrogen and oxygen atoms in total.